The topological polar surface area (TPSA) is 0 Å². The Hall–Kier alpha value is 0.640. The lowest BCUT2D eigenvalue weighted by Gasteiger charge is -2.00. The highest BCUT2D eigenvalue weighted by Crippen LogP contribution is 2.01. The van der Waals surface area contributed by atoms with Crippen molar-refractivity contribution in [2.75, 3.05) is 17.8 Å². The summed E-state index contributed by atoms with van der Waals surface area (Å²) >= 11 is 0. The molecule has 0 fully saturated rings. The number of hydrogen-bond donors (Lipinski definition) is 0. The Balaban J connectivity index is 0. The van der Waals surface area contributed by atoms with Crippen molar-refractivity contribution >= 4 is 10.9 Å². The molecule has 70 valence electrons. The average Bonchev–Trinajstić information content (AvgIpc) is 1.97. The molecule has 11 heavy (non-hydrogen) atoms. The molecule has 0 saturated carbocycles. The standard InChI is InChI=1S/C9H21S.ClH/c1-4-6-8-10(3)9-7-5-2;/h4-9H2,1-3H3;1H/q+1;/p-1. The molecule has 0 aromatic heterocycles. The zero-order valence-corrected chi connectivity index (χ0v) is 9.60. The summed E-state index contributed by atoms with van der Waals surface area (Å²) in [6.07, 6.45) is 8.00. The molecule has 0 nitrogen and oxygen atoms in total. The van der Waals surface area contributed by atoms with Crippen LogP contribution in [-0.2, 0) is 10.9 Å². The molecule has 0 atom stereocenters. The second-order valence-electron chi connectivity index (χ2n) is 2.90. The molecule has 0 bridgehead atoms. The summed E-state index contributed by atoms with van der Waals surface area (Å²) in [6, 6.07) is 0. The molecule has 0 aromatic rings. The van der Waals surface area contributed by atoms with Crippen molar-refractivity contribution < 1.29 is 12.4 Å². The van der Waals surface area contributed by atoms with Crippen LogP contribution in [0.15, 0.2) is 0 Å². The first-order valence-electron chi connectivity index (χ1n) is 4.40. The van der Waals surface area contributed by atoms with Crippen molar-refractivity contribution in [3.8, 4) is 0 Å². The molecule has 0 unspecified atom stereocenters. The van der Waals surface area contributed by atoms with E-state index in [1.165, 1.54) is 37.2 Å². The van der Waals surface area contributed by atoms with E-state index < -0.39 is 0 Å². The van der Waals surface area contributed by atoms with Gasteiger partial charge in [0.2, 0.25) is 0 Å². The number of hydrogen-bond acceptors (Lipinski definition) is 0. The van der Waals surface area contributed by atoms with E-state index in [1.807, 2.05) is 0 Å². The van der Waals surface area contributed by atoms with Gasteiger partial charge in [0, 0.05) is 0 Å². The summed E-state index contributed by atoms with van der Waals surface area (Å²) in [4.78, 5) is 0. The van der Waals surface area contributed by atoms with Crippen LogP contribution in [0.3, 0.4) is 0 Å². The normalized spacial score (nSPS) is 9.82. The van der Waals surface area contributed by atoms with Crippen LogP contribution in [0.1, 0.15) is 39.5 Å². The van der Waals surface area contributed by atoms with E-state index in [2.05, 4.69) is 20.1 Å². The summed E-state index contributed by atoms with van der Waals surface area (Å²) in [6.45, 7) is 4.55. The van der Waals surface area contributed by atoms with Crippen LogP contribution < -0.4 is 12.4 Å². The Morgan fingerprint density at radius 3 is 1.55 bits per heavy atom. The summed E-state index contributed by atoms with van der Waals surface area (Å²) < 4.78 is 0. The Morgan fingerprint density at radius 2 is 1.27 bits per heavy atom. The van der Waals surface area contributed by atoms with Crippen molar-refractivity contribution in [2.45, 2.75) is 39.5 Å². The quantitative estimate of drug-likeness (QED) is 0.518. The molecule has 0 heterocycles. The van der Waals surface area contributed by atoms with Gasteiger partial charge in [0.15, 0.2) is 0 Å². The van der Waals surface area contributed by atoms with Crippen molar-refractivity contribution in [3.05, 3.63) is 0 Å². The predicted molar refractivity (Wildman–Crippen MR) is 52.8 cm³/mol. The molecule has 0 N–H and O–H groups in total. The summed E-state index contributed by atoms with van der Waals surface area (Å²) in [5.41, 5.74) is 0. The van der Waals surface area contributed by atoms with Crippen molar-refractivity contribution in [1.82, 2.24) is 0 Å². The molecule has 0 aliphatic heterocycles. The van der Waals surface area contributed by atoms with E-state index in [4.69, 9.17) is 0 Å². The SMILES string of the molecule is CCCC[S+](C)CCCC.[Cl-]. The first-order chi connectivity index (χ1) is 4.81. The first-order valence-corrected chi connectivity index (χ1v) is 6.37. The van der Waals surface area contributed by atoms with Crippen LogP contribution in [-0.4, -0.2) is 17.8 Å². The predicted octanol–water partition coefficient (Wildman–Crippen LogP) is -0.161. The molecule has 0 saturated heterocycles. The van der Waals surface area contributed by atoms with Crippen LogP contribution in [0.25, 0.3) is 0 Å². The van der Waals surface area contributed by atoms with E-state index in [0.29, 0.717) is 0 Å². The van der Waals surface area contributed by atoms with E-state index in [-0.39, 0.29) is 12.4 Å². The van der Waals surface area contributed by atoms with Gasteiger partial charge in [-0.3, -0.25) is 0 Å². The second-order valence-corrected chi connectivity index (χ2v) is 5.28. The highest BCUT2D eigenvalue weighted by Gasteiger charge is 2.07. The number of unbranched alkanes of at least 4 members (excludes halogenated alkanes) is 2. The maximum absolute atomic E-state index is 2.41. The molecule has 0 spiro atoms. The molecule has 0 aliphatic rings. The minimum Gasteiger partial charge on any atom is -1.00 e. The van der Waals surface area contributed by atoms with Gasteiger partial charge in [0.1, 0.15) is 11.5 Å². The van der Waals surface area contributed by atoms with Gasteiger partial charge in [-0.15, -0.1) is 0 Å². The van der Waals surface area contributed by atoms with E-state index in [1.54, 1.807) is 0 Å². The van der Waals surface area contributed by atoms with Gasteiger partial charge in [-0.05, 0) is 23.7 Å². The maximum atomic E-state index is 2.41. The van der Waals surface area contributed by atoms with Crippen LogP contribution >= 0.6 is 0 Å². The summed E-state index contributed by atoms with van der Waals surface area (Å²) in [5, 5.41) is 0. The van der Waals surface area contributed by atoms with Gasteiger partial charge < -0.3 is 12.4 Å². The van der Waals surface area contributed by atoms with Crippen LogP contribution in [0, 0.1) is 0 Å². The monoisotopic (exact) mass is 196 g/mol. The smallest absolute Gasteiger partial charge is 0.107 e. The zero-order valence-electron chi connectivity index (χ0n) is 8.03. The van der Waals surface area contributed by atoms with Gasteiger partial charge in [0.25, 0.3) is 0 Å². The first kappa shape index (κ1) is 14.2. The van der Waals surface area contributed by atoms with Crippen LogP contribution in [0.5, 0.6) is 0 Å². The highest BCUT2D eigenvalue weighted by molar-refractivity contribution is 7.96. The number of rotatable bonds is 6. The third-order valence-corrected chi connectivity index (χ3v) is 3.66. The molecule has 0 amide bonds. The van der Waals surface area contributed by atoms with E-state index in [9.17, 15) is 0 Å². The fraction of sp³-hybridized carbons (Fsp3) is 1.00. The molecular formula is C9H21ClS. The minimum absolute atomic E-state index is 0. The lowest BCUT2D eigenvalue weighted by atomic mass is 10.4. The molecular weight excluding hydrogens is 176 g/mol. The highest BCUT2D eigenvalue weighted by atomic mass is 35.5. The van der Waals surface area contributed by atoms with Gasteiger partial charge in [-0.2, -0.15) is 0 Å². The van der Waals surface area contributed by atoms with Gasteiger partial charge in [-0.1, -0.05) is 26.7 Å². The lowest BCUT2D eigenvalue weighted by Crippen LogP contribution is -3.00. The zero-order chi connectivity index (χ0) is 7.82. The Labute approximate surface area is 80.9 Å². The minimum atomic E-state index is 0. The van der Waals surface area contributed by atoms with E-state index >= 15 is 0 Å². The molecule has 0 aromatic carbocycles. The van der Waals surface area contributed by atoms with Crippen molar-refractivity contribution in [2.24, 2.45) is 0 Å². The fourth-order valence-electron chi connectivity index (χ4n) is 0.884. The van der Waals surface area contributed by atoms with Crippen LogP contribution in [0.4, 0.5) is 0 Å². The fourth-order valence-corrected chi connectivity index (χ4v) is 2.65. The summed E-state index contributed by atoms with van der Waals surface area (Å²) in [7, 11) is 0.730. The Morgan fingerprint density at radius 1 is 0.909 bits per heavy atom. The molecule has 2 heteroatoms. The van der Waals surface area contributed by atoms with Crippen molar-refractivity contribution in [1.29, 1.82) is 0 Å². The van der Waals surface area contributed by atoms with E-state index in [0.717, 1.165) is 10.9 Å². The Kier molecular flexibility index (Phi) is 13.7. The molecule has 0 aliphatic carbocycles. The third kappa shape index (κ3) is 10.6. The van der Waals surface area contributed by atoms with Gasteiger partial charge >= 0.3 is 0 Å². The molecule has 0 radical (unpaired) electrons. The molecule has 0 rings (SSSR count). The van der Waals surface area contributed by atoms with Crippen LogP contribution in [0.2, 0.25) is 0 Å². The number of halogens is 1. The lowest BCUT2D eigenvalue weighted by molar-refractivity contribution is -0.00000238. The second kappa shape index (κ2) is 10.6. The maximum Gasteiger partial charge on any atom is 0.107 e. The average molecular weight is 197 g/mol. The summed E-state index contributed by atoms with van der Waals surface area (Å²) in [5.74, 6) is 2.94. The van der Waals surface area contributed by atoms with Gasteiger partial charge in [0.05, 0.1) is 6.26 Å². The van der Waals surface area contributed by atoms with Crippen molar-refractivity contribution in [3.63, 3.8) is 0 Å². The van der Waals surface area contributed by atoms with Gasteiger partial charge in [-0.25, -0.2) is 0 Å². The Bertz CT molecular complexity index is 58.6. The largest absolute Gasteiger partial charge is 1.00 e. The third-order valence-electron chi connectivity index (χ3n) is 1.69.